The maximum Gasteiger partial charge on any atom is 0.342 e. The number of furan rings is 1. The molecular weight excluding hydrogens is 349 g/mol. The zero-order valence-corrected chi connectivity index (χ0v) is 15.8. The zero-order chi connectivity index (χ0) is 19.6. The maximum absolute atomic E-state index is 13.3. The molecule has 27 heavy (non-hydrogen) atoms. The molecule has 0 aliphatic heterocycles. The van der Waals surface area contributed by atoms with Gasteiger partial charge in [0.2, 0.25) is 0 Å². The molecule has 3 aromatic rings. The van der Waals surface area contributed by atoms with E-state index in [2.05, 4.69) is 5.32 Å². The van der Waals surface area contributed by atoms with Crippen molar-refractivity contribution in [3.63, 3.8) is 0 Å². The Morgan fingerprint density at radius 3 is 2.52 bits per heavy atom. The predicted octanol–water partition coefficient (Wildman–Crippen LogP) is 5.24. The van der Waals surface area contributed by atoms with Crippen LogP contribution in [-0.4, -0.2) is 25.7 Å². The second-order valence-electron chi connectivity index (χ2n) is 6.29. The van der Waals surface area contributed by atoms with Crippen molar-refractivity contribution in [1.82, 2.24) is 0 Å². The normalized spacial score (nSPS) is 11.0. The van der Waals surface area contributed by atoms with E-state index in [4.69, 9.17) is 13.9 Å². The molecule has 0 aliphatic rings. The van der Waals surface area contributed by atoms with Crippen LogP contribution in [-0.2, 0) is 4.74 Å². The van der Waals surface area contributed by atoms with E-state index in [1.165, 1.54) is 12.1 Å². The van der Waals surface area contributed by atoms with Gasteiger partial charge in [-0.25, -0.2) is 9.18 Å². The highest BCUT2D eigenvalue weighted by Crippen LogP contribution is 2.39. The van der Waals surface area contributed by atoms with Crippen molar-refractivity contribution in [1.29, 1.82) is 0 Å². The van der Waals surface area contributed by atoms with E-state index in [9.17, 15) is 9.18 Å². The Balaban J connectivity index is 2.26. The van der Waals surface area contributed by atoms with Crippen LogP contribution in [0.2, 0.25) is 0 Å². The number of esters is 1. The Morgan fingerprint density at radius 1 is 1.22 bits per heavy atom. The van der Waals surface area contributed by atoms with Crippen LogP contribution in [0, 0.1) is 5.82 Å². The highest BCUT2D eigenvalue weighted by molar-refractivity contribution is 6.09. The molecule has 142 valence electrons. The molecule has 1 heterocycles. The molecule has 6 heteroatoms. The predicted molar refractivity (Wildman–Crippen MR) is 103 cm³/mol. The topological polar surface area (TPSA) is 60.7 Å². The number of rotatable bonds is 6. The van der Waals surface area contributed by atoms with Crippen LogP contribution < -0.4 is 10.1 Å². The first-order chi connectivity index (χ1) is 12.9. The summed E-state index contributed by atoms with van der Waals surface area (Å²) in [4.78, 5) is 12.7. The number of fused-ring (bicyclic) bond motifs is 1. The molecule has 5 nitrogen and oxygen atoms in total. The standard InChI is InChI=1S/C21H22FNO4/c1-5-25-21(24)19-15-10-18(26-12(2)3)16(23-4)11-17(15)27-20(19)13-6-8-14(22)9-7-13/h6-12,23H,5H2,1-4H3. The number of nitrogens with one attached hydrogen (secondary N) is 1. The zero-order valence-electron chi connectivity index (χ0n) is 15.8. The minimum absolute atomic E-state index is 0.0379. The average Bonchev–Trinajstić information content (AvgIpc) is 2.99. The van der Waals surface area contributed by atoms with Gasteiger partial charge >= 0.3 is 5.97 Å². The third-order valence-corrected chi connectivity index (χ3v) is 4.01. The van der Waals surface area contributed by atoms with Gasteiger partial charge in [-0.15, -0.1) is 0 Å². The first-order valence-electron chi connectivity index (χ1n) is 8.82. The van der Waals surface area contributed by atoms with E-state index < -0.39 is 5.97 Å². The number of hydrogen-bond acceptors (Lipinski definition) is 5. The van der Waals surface area contributed by atoms with Crippen LogP contribution in [0.15, 0.2) is 40.8 Å². The Kier molecular flexibility index (Phi) is 5.35. The molecule has 0 saturated heterocycles. The van der Waals surface area contributed by atoms with Crippen molar-refractivity contribution >= 4 is 22.6 Å². The highest BCUT2D eigenvalue weighted by atomic mass is 19.1. The van der Waals surface area contributed by atoms with Crippen LogP contribution in [0.5, 0.6) is 5.75 Å². The molecule has 0 aliphatic carbocycles. The van der Waals surface area contributed by atoms with Crippen LogP contribution in [0.1, 0.15) is 31.1 Å². The molecule has 2 aromatic carbocycles. The lowest BCUT2D eigenvalue weighted by Crippen LogP contribution is -2.08. The Bertz CT molecular complexity index is 960. The fourth-order valence-corrected chi connectivity index (χ4v) is 2.88. The van der Waals surface area contributed by atoms with E-state index in [1.54, 1.807) is 38.2 Å². The van der Waals surface area contributed by atoms with Crippen molar-refractivity contribution in [2.45, 2.75) is 26.9 Å². The summed E-state index contributed by atoms with van der Waals surface area (Å²) in [5, 5.41) is 3.66. The van der Waals surface area contributed by atoms with Crippen LogP contribution >= 0.6 is 0 Å². The molecule has 0 radical (unpaired) electrons. The molecule has 0 spiro atoms. The summed E-state index contributed by atoms with van der Waals surface area (Å²) in [6.07, 6.45) is -0.0379. The van der Waals surface area contributed by atoms with E-state index in [0.29, 0.717) is 33.6 Å². The first kappa shape index (κ1) is 18.8. The van der Waals surface area contributed by atoms with E-state index in [-0.39, 0.29) is 18.5 Å². The molecule has 3 rings (SSSR count). The summed E-state index contributed by atoms with van der Waals surface area (Å²) in [7, 11) is 1.78. The number of ether oxygens (including phenoxy) is 2. The maximum atomic E-state index is 13.3. The van der Waals surface area contributed by atoms with Crippen molar-refractivity contribution < 1.29 is 23.1 Å². The monoisotopic (exact) mass is 371 g/mol. The minimum Gasteiger partial charge on any atom is -0.489 e. The lowest BCUT2D eigenvalue weighted by atomic mass is 10.0. The van der Waals surface area contributed by atoms with Gasteiger partial charge in [0.1, 0.15) is 28.5 Å². The van der Waals surface area contributed by atoms with Gasteiger partial charge in [-0.3, -0.25) is 0 Å². The average molecular weight is 371 g/mol. The number of halogens is 1. The highest BCUT2D eigenvalue weighted by Gasteiger charge is 2.25. The summed E-state index contributed by atoms with van der Waals surface area (Å²) in [6.45, 7) is 5.83. The fraction of sp³-hybridized carbons (Fsp3) is 0.286. The number of benzene rings is 2. The van der Waals surface area contributed by atoms with Gasteiger partial charge < -0.3 is 19.2 Å². The molecule has 0 amide bonds. The van der Waals surface area contributed by atoms with Crippen molar-refractivity contribution in [2.75, 3.05) is 19.0 Å². The van der Waals surface area contributed by atoms with Crippen LogP contribution in [0.4, 0.5) is 10.1 Å². The Labute approximate surface area is 157 Å². The van der Waals surface area contributed by atoms with Gasteiger partial charge in [0.15, 0.2) is 0 Å². The SMILES string of the molecule is CCOC(=O)c1c(-c2ccc(F)cc2)oc2cc(NC)c(OC(C)C)cc12. The quantitative estimate of drug-likeness (QED) is 0.600. The van der Waals surface area contributed by atoms with Crippen molar-refractivity contribution in [3.05, 3.63) is 47.8 Å². The lowest BCUT2D eigenvalue weighted by molar-refractivity contribution is 0.0529. The minimum atomic E-state index is -0.497. The number of carbonyl (C=O) groups excluding carboxylic acids is 1. The lowest BCUT2D eigenvalue weighted by Gasteiger charge is -2.14. The molecule has 0 unspecified atom stereocenters. The van der Waals surface area contributed by atoms with E-state index in [0.717, 1.165) is 5.69 Å². The van der Waals surface area contributed by atoms with Gasteiger partial charge in [0.05, 0.1) is 18.4 Å². The smallest absolute Gasteiger partial charge is 0.342 e. The Hall–Kier alpha value is -3.02. The summed E-state index contributed by atoms with van der Waals surface area (Å²) in [5.74, 6) is 0.0881. The van der Waals surface area contributed by atoms with Gasteiger partial charge in [0.25, 0.3) is 0 Å². The molecular formula is C21H22FNO4. The van der Waals surface area contributed by atoms with Crippen LogP contribution in [0.25, 0.3) is 22.3 Å². The third-order valence-electron chi connectivity index (χ3n) is 4.01. The van der Waals surface area contributed by atoms with Gasteiger partial charge in [-0.2, -0.15) is 0 Å². The molecule has 0 atom stereocenters. The second kappa shape index (κ2) is 7.70. The Morgan fingerprint density at radius 2 is 1.93 bits per heavy atom. The molecule has 0 bridgehead atoms. The first-order valence-corrected chi connectivity index (χ1v) is 8.82. The summed E-state index contributed by atoms with van der Waals surface area (Å²) < 4.78 is 30.4. The summed E-state index contributed by atoms with van der Waals surface area (Å²) in [5.41, 5.74) is 2.14. The van der Waals surface area contributed by atoms with Crippen molar-refractivity contribution in [2.24, 2.45) is 0 Å². The number of anilines is 1. The molecule has 0 saturated carbocycles. The third kappa shape index (κ3) is 3.74. The summed E-state index contributed by atoms with van der Waals surface area (Å²) in [6, 6.07) is 9.33. The molecule has 1 N–H and O–H groups in total. The number of carbonyl (C=O) groups is 1. The van der Waals surface area contributed by atoms with E-state index >= 15 is 0 Å². The summed E-state index contributed by atoms with van der Waals surface area (Å²) >= 11 is 0. The van der Waals surface area contributed by atoms with Gasteiger partial charge in [-0.05, 0) is 51.1 Å². The fourth-order valence-electron chi connectivity index (χ4n) is 2.88. The largest absolute Gasteiger partial charge is 0.489 e. The number of hydrogen-bond donors (Lipinski definition) is 1. The van der Waals surface area contributed by atoms with Gasteiger partial charge in [-0.1, -0.05) is 0 Å². The van der Waals surface area contributed by atoms with Gasteiger partial charge in [0, 0.05) is 24.1 Å². The molecule has 0 fully saturated rings. The van der Waals surface area contributed by atoms with Crippen LogP contribution in [0.3, 0.4) is 0 Å². The second-order valence-corrected chi connectivity index (χ2v) is 6.29. The molecule has 1 aromatic heterocycles. The van der Waals surface area contributed by atoms with E-state index in [1.807, 2.05) is 13.8 Å². The van der Waals surface area contributed by atoms with Crippen molar-refractivity contribution in [3.8, 4) is 17.1 Å².